The first-order chi connectivity index (χ1) is 10.1. The molecule has 0 radical (unpaired) electrons. The molecule has 0 aliphatic carbocycles. The summed E-state index contributed by atoms with van der Waals surface area (Å²) in [6.07, 6.45) is 11.7. The van der Waals surface area contributed by atoms with Gasteiger partial charge in [0.25, 0.3) is 0 Å². The molecule has 6 nitrogen and oxygen atoms in total. The summed E-state index contributed by atoms with van der Waals surface area (Å²) < 4.78 is 43.7. The molecule has 0 aliphatic rings. The topological polar surface area (TPSA) is 91.3 Å². The number of hydrogen-bond acceptors (Lipinski definition) is 5. The zero-order valence-corrected chi connectivity index (χ0v) is 15.7. The minimum atomic E-state index is -4.24. The molecule has 0 aromatic heterocycles. The van der Waals surface area contributed by atoms with Gasteiger partial charge >= 0.3 is 20.0 Å². The highest BCUT2D eigenvalue weighted by molar-refractivity contribution is 7.97. The average molecular weight is 358 g/mol. The fourth-order valence-corrected chi connectivity index (χ4v) is 5.26. The van der Waals surface area contributed by atoms with Crippen molar-refractivity contribution in [2.75, 3.05) is 19.1 Å². The van der Waals surface area contributed by atoms with E-state index in [0.717, 1.165) is 19.3 Å². The average Bonchev–Trinajstić information content (AvgIpc) is 2.38. The van der Waals surface area contributed by atoms with Gasteiger partial charge in [-0.25, -0.2) is 0 Å². The second kappa shape index (κ2) is 9.85. The first kappa shape index (κ1) is 21.8. The smallest absolute Gasteiger partial charge is 0.308 e. The summed E-state index contributed by atoms with van der Waals surface area (Å²) in [7, 11) is -8.48. The maximum Gasteiger partial charge on any atom is 0.308 e. The molecule has 22 heavy (non-hydrogen) atoms. The number of hydroxylamine groups is 1. The highest BCUT2D eigenvalue weighted by atomic mass is 32.3. The van der Waals surface area contributed by atoms with E-state index in [1.165, 1.54) is 32.1 Å². The van der Waals surface area contributed by atoms with E-state index in [9.17, 15) is 22.0 Å². The van der Waals surface area contributed by atoms with Gasteiger partial charge in [-0.15, -0.1) is 3.46 Å². The fraction of sp³-hybridized carbons (Fsp3) is 1.00. The molecule has 0 aromatic carbocycles. The molecule has 0 N–H and O–H groups in total. The Balaban J connectivity index is 3.99. The molecule has 0 saturated heterocycles. The maximum absolute atomic E-state index is 12.1. The molecule has 0 fully saturated rings. The number of rotatable bonds is 13. The number of sulfonamides is 2. The van der Waals surface area contributed by atoms with Gasteiger partial charge in [-0.3, -0.25) is 0 Å². The third-order valence-corrected chi connectivity index (χ3v) is 7.81. The predicted octanol–water partition coefficient (Wildman–Crippen LogP) is 3.14. The van der Waals surface area contributed by atoms with Crippen LogP contribution in [0.5, 0.6) is 0 Å². The molecule has 0 aromatic rings. The van der Waals surface area contributed by atoms with E-state index < -0.39 is 30.0 Å². The summed E-state index contributed by atoms with van der Waals surface area (Å²) in [4.78, 5) is 0. The van der Waals surface area contributed by atoms with Crippen LogP contribution in [0.4, 0.5) is 0 Å². The molecule has 0 rings (SSSR count). The Morgan fingerprint density at radius 3 is 1.32 bits per heavy atom. The lowest BCUT2D eigenvalue weighted by Gasteiger charge is -2.36. The van der Waals surface area contributed by atoms with E-state index in [2.05, 4.69) is 6.92 Å². The number of unbranched alkanes of at least 4 members (excludes halogenated alkanes) is 9. The van der Waals surface area contributed by atoms with Crippen molar-refractivity contribution >= 4 is 20.0 Å². The number of quaternary nitrogens is 1. The Morgan fingerprint density at radius 2 is 1.00 bits per heavy atom. The largest absolute Gasteiger partial charge is 0.601 e. The fourth-order valence-electron chi connectivity index (χ4n) is 2.37. The van der Waals surface area contributed by atoms with Crippen LogP contribution >= 0.6 is 0 Å². The van der Waals surface area contributed by atoms with Crippen molar-refractivity contribution < 1.29 is 20.3 Å². The molecule has 0 saturated carbocycles. The Kier molecular flexibility index (Phi) is 9.77. The molecule has 0 heterocycles. The van der Waals surface area contributed by atoms with Gasteiger partial charge in [0.2, 0.25) is 0 Å². The lowest BCUT2D eigenvalue weighted by molar-refractivity contribution is -0.611. The van der Waals surface area contributed by atoms with Gasteiger partial charge in [-0.2, -0.15) is 16.8 Å². The van der Waals surface area contributed by atoms with Gasteiger partial charge in [0.1, 0.15) is 6.54 Å². The zero-order valence-electron chi connectivity index (χ0n) is 14.1. The van der Waals surface area contributed by atoms with E-state index in [1.54, 1.807) is 0 Å². The van der Waals surface area contributed by atoms with Crippen molar-refractivity contribution in [3.63, 3.8) is 0 Å². The van der Waals surface area contributed by atoms with Crippen LogP contribution in [0.25, 0.3) is 0 Å². The molecule has 0 unspecified atom stereocenters. The lowest BCUT2D eigenvalue weighted by atomic mass is 10.1. The Bertz CT molecular complexity index is 467. The van der Waals surface area contributed by atoms with Crippen LogP contribution in [-0.2, 0) is 20.0 Å². The highest BCUT2D eigenvalue weighted by Crippen LogP contribution is 2.20. The summed E-state index contributed by atoms with van der Waals surface area (Å²) in [6.45, 7) is 1.76. The van der Waals surface area contributed by atoms with Crippen LogP contribution in [0.3, 0.4) is 0 Å². The van der Waals surface area contributed by atoms with Crippen molar-refractivity contribution in [2.45, 2.75) is 71.1 Å². The third-order valence-electron chi connectivity index (χ3n) is 3.80. The first-order valence-electron chi connectivity index (χ1n) is 8.05. The van der Waals surface area contributed by atoms with Crippen LogP contribution in [0, 0.1) is 5.21 Å². The van der Waals surface area contributed by atoms with Crippen LogP contribution in [-0.4, -0.2) is 39.3 Å². The quantitative estimate of drug-likeness (QED) is 0.287. The molecular weight excluding hydrogens is 326 g/mol. The number of nitrogens with zero attached hydrogens (tertiary/aromatic N) is 1. The van der Waals surface area contributed by atoms with E-state index in [-0.39, 0.29) is 0 Å². The van der Waals surface area contributed by atoms with Gasteiger partial charge in [0, 0.05) is 0 Å². The summed E-state index contributed by atoms with van der Waals surface area (Å²) in [5, 5.41) is 12.1. The standard InChI is InChI=1S/C14H31NO5S2/c1-4-5-6-7-8-9-10-11-12-13-14-15(16,21(2,17)18)22(3,19)20/h4-14H2,1-3H3. The molecular formula is C14H31NO5S2. The van der Waals surface area contributed by atoms with Gasteiger partial charge in [0.15, 0.2) is 0 Å². The second-order valence-electron chi connectivity index (χ2n) is 5.98. The van der Waals surface area contributed by atoms with E-state index in [1.807, 2.05) is 0 Å². The van der Waals surface area contributed by atoms with Crippen molar-refractivity contribution in [1.29, 1.82) is 0 Å². The lowest BCUT2D eigenvalue weighted by Crippen LogP contribution is -2.51. The SMILES string of the molecule is CCCCCCCCCCCC[N+]([O-])(S(C)(=O)=O)S(C)(=O)=O. The van der Waals surface area contributed by atoms with E-state index >= 15 is 0 Å². The molecule has 0 atom stereocenters. The van der Waals surface area contributed by atoms with Crippen molar-refractivity contribution in [1.82, 2.24) is 0 Å². The molecule has 8 heteroatoms. The van der Waals surface area contributed by atoms with Crippen LogP contribution in [0.15, 0.2) is 0 Å². The van der Waals surface area contributed by atoms with Crippen LogP contribution in [0.1, 0.15) is 71.1 Å². The Labute approximate surface area is 136 Å². The van der Waals surface area contributed by atoms with E-state index in [4.69, 9.17) is 0 Å². The zero-order chi connectivity index (χ0) is 17.3. The summed E-state index contributed by atoms with van der Waals surface area (Å²) in [5.41, 5.74) is 0. The van der Waals surface area contributed by atoms with Crippen molar-refractivity contribution in [3.05, 3.63) is 5.21 Å². The van der Waals surface area contributed by atoms with Crippen LogP contribution < -0.4 is 0 Å². The third kappa shape index (κ3) is 7.39. The molecule has 0 bridgehead atoms. The van der Waals surface area contributed by atoms with Crippen molar-refractivity contribution in [3.8, 4) is 0 Å². The summed E-state index contributed by atoms with van der Waals surface area (Å²) in [5.74, 6) is 0. The molecule has 0 aliphatic heterocycles. The second-order valence-corrected chi connectivity index (χ2v) is 10.3. The first-order valence-corrected chi connectivity index (χ1v) is 11.8. The minimum Gasteiger partial charge on any atom is -0.601 e. The predicted molar refractivity (Wildman–Crippen MR) is 90.0 cm³/mol. The minimum absolute atomic E-state index is 0.305. The molecule has 134 valence electrons. The van der Waals surface area contributed by atoms with Gasteiger partial charge in [-0.05, 0) is 12.8 Å². The molecule has 0 amide bonds. The van der Waals surface area contributed by atoms with Gasteiger partial charge in [-0.1, -0.05) is 58.3 Å². The highest BCUT2D eigenvalue weighted by Gasteiger charge is 2.38. The van der Waals surface area contributed by atoms with E-state index in [0.29, 0.717) is 25.4 Å². The Morgan fingerprint density at radius 1 is 0.682 bits per heavy atom. The monoisotopic (exact) mass is 357 g/mol. The van der Waals surface area contributed by atoms with Crippen LogP contribution in [0.2, 0.25) is 0 Å². The van der Waals surface area contributed by atoms with Gasteiger partial charge < -0.3 is 5.21 Å². The normalized spacial score (nSPS) is 13.5. The maximum atomic E-state index is 12.1. The van der Waals surface area contributed by atoms with Crippen molar-refractivity contribution in [2.24, 2.45) is 0 Å². The Hall–Kier alpha value is -0.180. The summed E-state index contributed by atoms with van der Waals surface area (Å²) in [6, 6.07) is 0. The van der Waals surface area contributed by atoms with Gasteiger partial charge in [0.05, 0.1) is 12.5 Å². The molecule has 0 spiro atoms. The summed E-state index contributed by atoms with van der Waals surface area (Å²) >= 11 is 0. The number of hydrogen-bond donors (Lipinski definition) is 0.